The molecule has 0 fully saturated rings. The van der Waals surface area contributed by atoms with Crippen LogP contribution < -0.4 is 5.32 Å². The van der Waals surface area contributed by atoms with E-state index in [0.29, 0.717) is 12.1 Å². The molecule has 0 aromatic carbocycles. The Morgan fingerprint density at radius 3 is 3.15 bits per heavy atom. The minimum atomic E-state index is -0.0814. The van der Waals surface area contributed by atoms with E-state index in [1.165, 1.54) is 18.7 Å². The molecule has 0 spiro atoms. The molecule has 0 saturated carbocycles. The van der Waals surface area contributed by atoms with Crippen molar-refractivity contribution in [2.75, 3.05) is 6.54 Å². The van der Waals surface area contributed by atoms with E-state index in [1.807, 2.05) is 0 Å². The van der Waals surface area contributed by atoms with Crippen LogP contribution in [0.25, 0.3) is 0 Å². The van der Waals surface area contributed by atoms with Crippen molar-refractivity contribution in [2.45, 2.75) is 32.2 Å². The number of hydrogen-bond donors (Lipinski definition) is 1. The van der Waals surface area contributed by atoms with Crippen LogP contribution in [0.1, 0.15) is 34.7 Å². The van der Waals surface area contributed by atoms with Crippen molar-refractivity contribution in [3.8, 4) is 0 Å². The molecule has 1 aliphatic heterocycles. The lowest BCUT2D eigenvalue weighted by molar-refractivity contribution is 0.0953. The average molecular weight is 270 g/mol. The van der Waals surface area contributed by atoms with Crippen LogP contribution in [0.15, 0.2) is 30.7 Å². The molecule has 0 saturated heterocycles. The van der Waals surface area contributed by atoms with Crippen LogP contribution in [0.4, 0.5) is 0 Å². The molecule has 1 N–H and O–H groups in total. The van der Waals surface area contributed by atoms with Gasteiger partial charge in [0.15, 0.2) is 0 Å². The number of hydrogen-bond acceptors (Lipinski definition) is 3. The number of amides is 1. The Hall–Kier alpha value is -2.17. The highest BCUT2D eigenvalue weighted by molar-refractivity contribution is 5.93. The Morgan fingerprint density at radius 1 is 1.40 bits per heavy atom. The summed E-state index contributed by atoms with van der Waals surface area (Å²) in [6, 6.07) is 3.52. The van der Waals surface area contributed by atoms with Gasteiger partial charge >= 0.3 is 0 Å². The molecule has 0 bridgehead atoms. The second-order valence-electron chi connectivity index (χ2n) is 5.05. The van der Waals surface area contributed by atoms with Gasteiger partial charge in [-0.25, -0.2) is 4.98 Å². The Bertz CT molecular complexity index is 568. The standard InChI is InChI=1S/C15H18N4O/c20-15(12-4-3-7-16-10-12)17-8-6-13-11-19-9-2-1-5-14(19)18-13/h3-4,7,10-11H,1-2,5-6,8-9H2,(H,17,20). The van der Waals surface area contributed by atoms with Crippen molar-refractivity contribution < 1.29 is 4.79 Å². The van der Waals surface area contributed by atoms with E-state index in [1.54, 1.807) is 24.5 Å². The lowest BCUT2D eigenvalue weighted by Crippen LogP contribution is -2.25. The van der Waals surface area contributed by atoms with Gasteiger partial charge in [-0.3, -0.25) is 9.78 Å². The highest BCUT2D eigenvalue weighted by Crippen LogP contribution is 2.14. The summed E-state index contributed by atoms with van der Waals surface area (Å²) < 4.78 is 2.24. The number of pyridine rings is 1. The lowest BCUT2D eigenvalue weighted by atomic mass is 10.2. The number of aryl methyl sites for hydroxylation is 2. The Morgan fingerprint density at radius 2 is 2.35 bits per heavy atom. The Balaban J connectivity index is 1.53. The van der Waals surface area contributed by atoms with Crippen LogP contribution in [0.3, 0.4) is 0 Å². The zero-order valence-corrected chi connectivity index (χ0v) is 11.4. The minimum absolute atomic E-state index is 0.0814. The summed E-state index contributed by atoms with van der Waals surface area (Å²) >= 11 is 0. The molecule has 2 aromatic rings. The maximum Gasteiger partial charge on any atom is 0.252 e. The van der Waals surface area contributed by atoms with Crippen LogP contribution in [0, 0.1) is 0 Å². The number of nitrogens with one attached hydrogen (secondary N) is 1. The number of carbonyl (C=O) groups is 1. The summed E-state index contributed by atoms with van der Waals surface area (Å²) in [4.78, 5) is 20.4. The second-order valence-corrected chi connectivity index (χ2v) is 5.05. The summed E-state index contributed by atoms with van der Waals surface area (Å²) in [7, 11) is 0. The molecule has 5 heteroatoms. The zero-order valence-electron chi connectivity index (χ0n) is 11.4. The molecule has 1 aliphatic rings. The number of carbonyl (C=O) groups excluding carboxylic acids is 1. The predicted molar refractivity (Wildman–Crippen MR) is 75.4 cm³/mol. The normalized spacial score (nSPS) is 13.8. The van der Waals surface area contributed by atoms with Crippen molar-refractivity contribution >= 4 is 5.91 Å². The molecular weight excluding hydrogens is 252 g/mol. The predicted octanol–water partition coefficient (Wildman–Crippen LogP) is 1.59. The topological polar surface area (TPSA) is 59.8 Å². The quantitative estimate of drug-likeness (QED) is 0.917. The van der Waals surface area contributed by atoms with E-state index >= 15 is 0 Å². The van der Waals surface area contributed by atoms with Gasteiger partial charge in [0.2, 0.25) is 0 Å². The fourth-order valence-corrected chi connectivity index (χ4v) is 2.50. The summed E-state index contributed by atoms with van der Waals surface area (Å²) in [5.74, 6) is 1.10. The van der Waals surface area contributed by atoms with Gasteiger partial charge in [-0.15, -0.1) is 0 Å². The van der Waals surface area contributed by atoms with Gasteiger partial charge in [-0.1, -0.05) is 0 Å². The first-order valence-corrected chi connectivity index (χ1v) is 7.06. The number of imidazole rings is 1. The van der Waals surface area contributed by atoms with Crippen molar-refractivity contribution in [1.82, 2.24) is 19.9 Å². The van der Waals surface area contributed by atoms with E-state index in [9.17, 15) is 4.79 Å². The summed E-state index contributed by atoms with van der Waals surface area (Å²) in [5.41, 5.74) is 1.66. The van der Waals surface area contributed by atoms with Crippen LogP contribution in [-0.2, 0) is 19.4 Å². The molecule has 20 heavy (non-hydrogen) atoms. The summed E-state index contributed by atoms with van der Waals surface area (Å²) in [6.45, 7) is 1.68. The average Bonchev–Trinajstić information content (AvgIpc) is 2.90. The Labute approximate surface area is 118 Å². The van der Waals surface area contributed by atoms with E-state index in [-0.39, 0.29) is 5.91 Å². The Kier molecular flexibility index (Phi) is 3.76. The van der Waals surface area contributed by atoms with Gasteiger partial charge in [-0.05, 0) is 25.0 Å². The third-order valence-electron chi connectivity index (χ3n) is 3.55. The third kappa shape index (κ3) is 2.87. The molecule has 0 unspecified atom stereocenters. The lowest BCUT2D eigenvalue weighted by Gasteiger charge is -2.11. The molecule has 5 nitrogen and oxygen atoms in total. The zero-order chi connectivity index (χ0) is 13.8. The van der Waals surface area contributed by atoms with Gasteiger partial charge < -0.3 is 9.88 Å². The second kappa shape index (κ2) is 5.86. The fraction of sp³-hybridized carbons (Fsp3) is 0.400. The van der Waals surface area contributed by atoms with Gasteiger partial charge in [0.05, 0.1) is 11.3 Å². The van der Waals surface area contributed by atoms with Gasteiger partial charge in [0.1, 0.15) is 5.82 Å². The third-order valence-corrected chi connectivity index (χ3v) is 3.55. The summed E-state index contributed by atoms with van der Waals surface area (Å²) in [6.07, 6.45) is 9.66. The van der Waals surface area contributed by atoms with E-state index < -0.39 is 0 Å². The molecule has 1 amide bonds. The molecule has 3 heterocycles. The number of rotatable bonds is 4. The number of nitrogens with zero attached hydrogens (tertiary/aromatic N) is 3. The van der Waals surface area contributed by atoms with Gasteiger partial charge in [0, 0.05) is 44.5 Å². The van der Waals surface area contributed by atoms with Crippen LogP contribution in [0.5, 0.6) is 0 Å². The molecule has 0 atom stereocenters. The van der Waals surface area contributed by atoms with Crippen LogP contribution in [-0.4, -0.2) is 27.0 Å². The van der Waals surface area contributed by atoms with E-state index in [4.69, 9.17) is 0 Å². The molecule has 0 radical (unpaired) electrons. The molecule has 2 aromatic heterocycles. The maximum atomic E-state index is 11.9. The number of aromatic nitrogens is 3. The molecular formula is C15H18N4O. The largest absolute Gasteiger partial charge is 0.352 e. The van der Waals surface area contributed by atoms with Crippen molar-refractivity contribution in [3.63, 3.8) is 0 Å². The number of fused-ring (bicyclic) bond motifs is 1. The van der Waals surface area contributed by atoms with Crippen LogP contribution in [0.2, 0.25) is 0 Å². The van der Waals surface area contributed by atoms with Crippen molar-refractivity contribution in [1.29, 1.82) is 0 Å². The monoisotopic (exact) mass is 270 g/mol. The summed E-state index contributed by atoms with van der Waals surface area (Å²) in [5, 5.41) is 2.90. The van der Waals surface area contributed by atoms with Crippen molar-refractivity contribution in [2.24, 2.45) is 0 Å². The molecule has 3 rings (SSSR count). The highest BCUT2D eigenvalue weighted by Gasteiger charge is 2.12. The van der Waals surface area contributed by atoms with Gasteiger partial charge in [-0.2, -0.15) is 0 Å². The van der Waals surface area contributed by atoms with E-state index in [0.717, 1.165) is 25.1 Å². The SMILES string of the molecule is O=C(NCCc1cn2c(n1)CCCC2)c1cccnc1. The minimum Gasteiger partial charge on any atom is -0.352 e. The van der Waals surface area contributed by atoms with Gasteiger partial charge in [0.25, 0.3) is 5.91 Å². The highest BCUT2D eigenvalue weighted by atomic mass is 16.1. The van der Waals surface area contributed by atoms with E-state index in [2.05, 4.69) is 26.0 Å². The first kappa shape index (κ1) is 12.8. The fourth-order valence-electron chi connectivity index (χ4n) is 2.50. The smallest absolute Gasteiger partial charge is 0.252 e. The first-order valence-electron chi connectivity index (χ1n) is 7.06. The van der Waals surface area contributed by atoms with Crippen LogP contribution >= 0.6 is 0 Å². The molecule has 0 aliphatic carbocycles. The van der Waals surface area contributed by atoms with Crippen molar-refractivity contribution in [3.05, 3.63) is 47.8 Å². The maximum absolute atomic E-state index is 11.9. The molecule has 104 valence electrons. The first-order chi connectivity index (χ1) is 9.83.